The molecular formula is C13H25NO. The Morgan fingerprint density at radius 3 is 2.73 bits per heavy atom. The molecule has 2 nitrogen and oxygen atoms in total. The lowest BCUT2D eigenvalue weighted by atomic mass is 9.95. The summed E-state index contributed by atoms with van der Waals surface area (Å²) in [6, 6.07) is 0. The van der Waals surface area contributed by atoms with Crippen LogP contribution >= 0.6 is 0 Å². The summed E-state index contributed by atoms with van der Waals surface area (Å²) in [6.07, 6.45) is 7.54. The SMILES string of the molecule is CCCN(CC)CCC1=CCC(O)CC1. The standard InChI is InChI=1S/C13H25NO/c1-3-10-14(4-2)11-9-12-5-7-13(15)8-6-12/h5,13,15H,3-4,6-11H2,1-2H3. The van der Waals surface area contributed by atoms with Gasteiger partial charge >= 0.3 is 0 Å². The fourth-order valence-electron chi connectivity index (χ4n) is 2.15. The van der Waals surface area contributed by atoms with Crippen molar-refractivity contribution in [2.24, 2.45) is 0 Å². The van der Waals surface area contributed by atoms with Crippen molar-refractivity contribution >= 4 is 0 Å². The Bertz CT molecular complexity index is 201. The van der Waals surface area contributed by atoms with Crippen molar-refractivity contribution in [1.82, 2.24) is 4.90 Å². The number of hydrogen-bond donors (Lipinski definition) is 1. The second kappa shape index (κ2) is 7.02. The fraction of sp³-hybridized carbons (Fsp3) is 0.846. The van der Waals surface area contributed by atoms with E-state index in [1.54, 1.807) is 5.57 Å². The third-order valence-corrected chi connectivity index (χ3v) is 3.21. The van der Waals surface area contributed by atoms with Gasteiger partial charge in [-0.15, -0.1) is 0 Å². The Labute approximate surface area is 94.0 Å². The predicted molar refractivity (Wildman–Crippen MR) is 65.0 cm³/mol. The van der Waals surface area contributed by atoms with Gasteiger partial charge in [-0.05, 0) is 45.2 Å². The van der Waals surface area contributed by atoms with Crippen LogP contribution in [0.2, 0.25) is 0 Å². The van der Waals surface area contributed by atoms with Crippen LogP contribution in [-0.2, 0) is 0 Å². The summed E-state index contributed by atoms with van der Waals surface area (Å²) in [5, 5.41) is 9.38. The van der Waals surface area contributed by atoms with E-state index in [1.165, 1.54) is 25.9 Å². The Morgan fingerprint density at radius 1 is 1.40 bits per heavy atom. The molecule has 1 rings (SSSR count). The van der Waals surface area contributed by atoms with Crippen molar-refractivity contribution in [2.45, 2.75) is 52.1 Å². The minimum Gasteiger partial charge on any atom is -0.393 e. The number of nitrogens with zero attached hydrogens (tertiary/aromatic N) is 1. The third kappa shape index (κ3) is 4.80. The average molecular weight is 211 g/mol. The zero-order valence-corrected chi connectivity index (χ0v) is 10.2. The predicted octanol–water partition coefficient (Wildman–Crippen LogP) is 2.58. The summed E-state index contributed by atoms with van der Waals surface area (Å²) in [7, 11) is 0. The van der Waals surface area contributed by atoms with E-state index in [1.807, 2.05) is 0 Å². The van der Waals surface area contributed by atoms with E-state index in [2.05, 4.69) is 24.8 Å². The lowest BCUT2D eigenvalue weighted by Gasteiger charge is -2.22. The first kappa shape index (κ1) is 12.7. The summed E-state index contributed by atoms with van der Waals surface area (Å²) >= 11 is 0. The highest BCUT2D eigenvalue weighted by molar-refractivity contribution is 5.07. The van der Waals surface area contributed by atoms with E-state index < -0.39 is 0 Å². The normalized spacial score (nSPS) is 21.9. The first-order valence-electron chi connectivity index (χ1n) is 6.34. The zero-order valence-electron chi connectivity index (χ0n) is 10.2. The highest BCUT2D eigenvalue weighted by atomic mass is 16.3. The van der Waals surface area contributed by atoms with Gasteiger partial charge in [0.1, 0.15) is 0 Å². The summed E-state index contributed by atoms with van der Waals surface area (Å²) in [4.78, 5) is 2.51. The molecule has 0 spiro atoms. The van der Waals surface area contributed by atoms with Gasteiger partial charge < -0.3 is 10.0 Å². The second-order valence-corrected chi connectivity index (χ2v) is 4.47. The molecule has 0 amide bonds. The molecule has 0 aromatic rings. The zero-order chi connectivity index (χ0) is 11.1. The van der Waals surface area contributed by atoms with Crippen LogP contribution in [0, 0.1) is 0 Å². The Kier molecular flexibility index (Phi) is 5.96. The monoisotopic (exact) mass is 211 g/mol. The van der Waals surface area contributed by atoms with Crippen molar-refractivity contribution in [1.29, 1.82) is 0 Å². The Hall–Kier alpha value is -0.340. The third-order valence-electron chi connectivity index (χ3n) is 3.21. The van der Waals surface area contributed by atoms with Gasteiger partial charge in [0.2, 0.25) is 0 Å². The Balaban J connectivity index is 2.23. The molecule has 1 aliphatic carbocycles. The summed E-state index contributed by atoms with van der Waals surface area (Å²) in [6.45, 7) is 8.02. The maximum Gasteiger partial charge on any atom is 0.0577 e. The minimum atomic E-state index is -0.0772. The van der Waals surface area contributed by atoms with Crippen LogP contribution in [0.3, 0.4) is 0 Å². The van der Waals surface area contributed by atoms with Crippen LogP contribution in [0.15, 0.2) is 11.6 Å². The summed E-state index contributed by atoms with van der Waals surface area (Å²) in [5.41, 5.74) is 1.55. The number of aliphatic hydroxyl groups excluding tert-OH is 1. The smallest absolute Gasteiger partial charge is 0.0577 e. The lowest BCUT2D eigenvalue weighted by molar-refractivity contribution is 0.161. The maximum atomic E-state index is 9.38. The molecule has 88 valence electrons. The maximum absolute atomic E-state index is 9.38. The topological polar surface area (TPSA) is 23.5 Å². The molecule has 0 fully saturated rings. The summed E-state index contributed by atoms with van der Waals surface area (Å²) < 4.78 is 0. The average Bonchev–Trinajstić information content (AvgIpc) is 2.26. The van der Waals surface area contributed by atoms with Crippen molar-refractivity contribution in [3.05, 3.63) is 11.6 Å². The van der Waals surface area contributed by atoms with E-state index in [4.69, 9.17) is 0 Å². The van der Waals surface area contributed by atoms with Gasteiger partial charge in [-0.3, -0.25) is 0 Å². The molecule has 15 heavy (non-hydrogen) atoms. The van der Waals surface area contributed by atoms with Crippen molar-refractivity contribution in [2.75, 3.05) is 19.6 Å². The molecule has 0 aliphatic heterocycles. The quantitative estimate of drug-likeness (QED) is 0.683. The fourth-order valence-corrected chi connectivity index (χ4v) is 2.15. The van der Waals surface area contributed by atoms with Crippen LogP contribution in [-0.4, -0.2) is 35.7 Å². The number of aliphatic hydroxyl groups is 1. The van der Waals surface area contributed by atoms with Gasteiger partial charge in [-0.1, -0.05) is 25.5 Å². The summed E-state index contributed by atoms with van der Waals surface area (Å²) in [5.74, 6) is 0. The number of rotatable bonds is 6. The van der Waals surface area contributed by atoms with Gasteiger partial charge in [-0.2, -0.15) is 0 Å². The van der Waals surface area contributed by atoms with Crippen molar-refractivity contribution in [3.63, 3.8) is 0 Å². The highest BCUT2D eigenvalue weighted by Crippen LogP contribution is 2.20. The van der Waals surface area contributed by atoms with E-state index in [0.29, 0.717) is 0 Å². The van der Waals surface area contributed by atoms with Gasteiger partial charge in [0.25, 0.3) is 0 Å². The first-order chi connectivity index (χ1) is 7.26. The molecular weight excluding hydrogens is 186 g/mol. The van der Waals surface area contributed by atoms with Gasteiger partial charge in [0, 0.05) is 6.54 Å². The lowest BCUT2D eigenvalue weighted by Crippen LogP contribution is -2.26. The van der Waals surface area contributed by atoms with Crippen LogP contribution in [0.1, 0.15) is 46.0 Å². The Morgan fingerprint density at radius 2 is 2.20 bits per heavy atom. The molecule has 0 saturated carbocycles. The molecule has 0 aromatic heterocycles. The molecule has 1 atom stereocenters. The number of hydrogen-bond acceptors (Lipinski definition) is 2. The molecule has 1 unspecified atom stereocenters. The van der Waals surface area contributed by atoms with Crippen LogP contribution < -0.4 is 0 Å². The molecule has 1 aliphatic rings. The van der Waals surface area contributed by atoms with Gasteiger partial charge in [-0.25, -0.2) is 0 Å². The molecule has 0 saturated heterocycles. The molecule has 0 bridgehead atoms. The highest BCUT2D eigenvalue weighted by Gasteiger charge is 2.11. The van der Waals surface area contributed by atoms with Gasteiger partial charge in [0.15, 0.2) is 0 Å². The van der Waals surface area contributed by atoms with Crippen LogP contribution in [0.4, 0.5) is 0 Å². The van der Waals surface area contributed by atoms with Crippen LogP contribution in [0.5, 0.6) is 0 Å². The van der Waals surface area contributed by atoms with Crippen LogP contribution in [0.25, 0.3) is 0 Å². The molecule has 0 aromatic carbocycles. The molecule has 1 N–H and O–H groups in total. The largest absolute Gasteiger partial charge is 0.393 e. The minimum absolute atomic E-state index is 0.0772. The first-order valence-corrected chi connectivity index (χ1v) is 6.34. The van der Waals surface area contributed by atoms with E-state index in [0.717, 1.165) is 25.8 Å². The van der Waals surface area contributed by atoms with E-state index in [9.17, 15) is 5.11 Å². The second-order valence-electron chi connectivity index (χ2n) is 4.47. The van der Waals surface area contributed by atoms with Crippen molar-refractivity contribution in [3.8, 4) is 0 Å². The van der Waals surface area contributed by atoms with Gasteiger partial charge in [0.05, 0.1) is 6.10 Å². The van der Waals surface area contributed by atoms with Crippen molar-refractivity contribution < 1.29 is 5.11 Å². The molecule has 0 heterocycles. The molecule has 2 heteroatoms. The van der Waals surface area contributed by atoms with E-state index in [-0.39, 0.29) is 6.10 Å². The van der Waals surface area contributed by atoms with E-state index >= 15 is 0 Å². The molecule has 0 radical (unpaired) electrons.